The van der Waals surface area contributed by atoms with Crippen LogP contribution in [0.3, 0.4) is 0 Å². The number of esters is 1. The molecule has 0 aliphatic carbocycles. The van der Waals surface area contributed by atoms with Gasteiger partial charge in [0.2, 0.25) is 11.7 Å². The van der Waals surface area contributed by atoms with Crippen LogP contribution in [-0.2, 0) is 23.1 Å². The molecule has 0 bridgehead atoms. The number of hydrogen-bond donors (Lipinski definition) is 1. The highest BCUT2D eigenvalue weighted by Gasteiger charge is 2.29. The molecule has 0 amide bonds. The first-order valence-corrected chi connectivity index (χ1v) is 11.2. The zero-order valence-corrected chi connectivity index (χ0v) is 19.3. The Morgan fingerprint density at radius 2 is 1.71 bits per heavy atom. The lowest BCUT2D eigenvalue weighted by Crippen LogP contribution is -2.43. The summed E-state index contributed by atoms with van der Waals surface area (Å²) in [7, 11) is 1.28. The Bertz CT molecular complexity index is 1330. The molecular weight excluding hydrogens is 452 g/mol. The Labute approximate surface area is 200 Å². The van der Waals surface area contributed by atoms with Gasteiger partial charge in [0.25, 0.3) is 5.56 Å². The van der Waals surface area contributed by atoms with E-state index in [1.165, 1.54) is 7.05 Å². The molecule has 2 aromatic heterocycles. The van der Waals surface area contributed by atoms with E-state index in [0.717, 1.165) is 14.7 Å². The van der Waals surface area contributed by atoms with E-state index in [1.807, 2.05) is 11.0 Å². The standard InChI is InChI=1S/C24H26N6O5/c1-28-21(32)19(20(25)30(24(28)34)14-16-6-3-2-4-7-16)18(31)15-35-22(33)17-8-12-29(13-9-17)23-26-10-5-11-27-23/h2-7,10-11,17H,8-9,12-15,25H2,1H3. The van der Waals surface area contributed by atoms with Gasteiger partial charge < -0.3 is 15.4 Å². The van der Waals surface area contributed by atoms with Crippen molar-refractivity contribution in [3.05, 3.63) is 80.8 Å². The summed E-state index contributed by atoms with van der Waals surface area (Å²) in [5.74, 6) is -1.30. The number of anilines is 2. The fourth-order valence-electron chi connectivity index (χ4n) is 4.06. The number of carbonyl (C=O) groups excluding carboxylic acids is 2. The van der Waals surface area contributed by atoms with Crippen molar-refractivity contribution in [2.24, 2.45) is 13.0 Å². The number of hydrogen-bond acceptors (Lipinski definition) is 9. The van der Waals surface area contributed by atoms with Crippen molar-refractivity contribution in [3.63, 3.8) is 0 Å². The first-order chi connectivity index (χ1) is 16.9. The second-order valence-corrected chi connectivity index (χ2v) is 8.32. The number of rotatable bonds is 7. The van der Waals surface area contributed by atoms with Crippen LogP contribution < -0.4 is 21.9 Å². The van der Waals surface area contributed by atoms with E-state index < -0.39 is 29.6 Å². The summed E-state index contributed by atoms with van der Waals surface area (Å²) < 4.78 is 7.24. The highest BCUT2D eigenvalue weighted by molar-refractivity contribution is 6.01. The van der Waals surface area contributed by atoms with Crippen molar-refractivity contribution >= 4 is 23.5 Å². The Balaban J connectivity index is 1.43. The Kier molecular flexibility index (Phi) is 7.04. The molecule has 11 nitrogen and oxygen atoms in total. The van der Waals surface area contributed by atoms with Crippen molar-refractivity contribution < 1.29 is 14.3 Å². The number of carbonyl (C=O) groups is 2. The molecule has 1 aromatic carbocycles. The lowest BCUT2D eigenvalue weighted by Gasteiger charge is -2.30. The summed E-state index contributed by atoms with van der Waals surface area (Å²) in [6.45, 7) is 0.610. The van der Waals surface area contributed by atoms with Crippen molar-refractivity contribution in [1.82, 2.24) is 19.1 Å². The summed E-state index contributed by atoms with van der Waals surface area (Å²) in [4.78, 5) is 61.2. The third kappa shape index (κ3) is 5.13. The maximum absolute atomic E-state index is 12.9. The van der Waals surface area contributed by atoms with E-state index in [-0.39, 0.29) is 23.8 Å². The van der Waals surface area contributed by atoms with Crippen LogP contribution in [0.2, 0.25) is 0 Å². The fraction of sp³-hybridized carbons (Fsp3) is 0.333. The maximum Gasteiger partial charge on any atom is 0.332 e. The first kappa shape index (κ1) is 23.9. The van der Waals surface area contributed by atoms with Crippen molar-refractivity contribution in [2.75, 3.05) is 30.3 Å². The summed E-state index contributed by atoms with van der Waals surface area (Å²) in [6, 6.07) is 10.8. The highest BCUT2D eigenvalue weighted by atomic mass is 16.5. The number of benzene rings is 1. The molecule has 1 saturated heterocycles. The molecule has 0 spiro atoms. The van der Waals surface area contributed by atoms with E-state index in [2.05, 4.69) is 9.97 Å². The van der Waals surface area contributed by atoms with E-state index >= 15 is 0 Å². The van der Waals surface area contributed by atoms with Gasteiger partial charge in [0.05, 0.1) is 12.5 Å². The molecule has 0 unspecified atom stereocenters. The third-order valence-electron chi connectivity index (χ3n) is 6.05. The fourth-order valence-corrected chi connectivity index (χ4v) is 4.06. The van der Waals surface area contributed by atoms with Gasteiger partial charge in [0, 0.05) is 32.5 Å². The SMILES string of the molecule is Cn1c(=O)c(C(=O)COC(=O)C2CCN(c3ncccn3)CC2)c(N)n(Cc2ccccc2)c1=O. The summed E-state index contributed by atoms with van der Waals surface area (Å²) in [5, 5.41) is 0. The average Bonchev–Trinajstić information content (AvgIpc) is 2.90. The van der Waals surface area contributed by atoms with Gasteiger partial charge in [0.15, 0.2) is 6.61 Å². The monoisotopic (exact) mass is 478 g/mol. The Morgan fingerprint density at radius 1 is 1.06 bits per heavy atom. The minimum absolute atomic E-state index is 0.0867. The topological polar surface area (TPSA) is 142 Å². The minimum Gasteiger partial charge on any atom is -0.457 e. The molecule has 182 valence electrons. The third-order valence-corrected chi connectivity index (χ3v) is 6.05. The number of aromatic nitrogens is 4. The van der Waals surface area contributed by atoms with Gasteiger partial charge in [-0.1, -0.05) is 30.3 Å². The summed E-state index contributed by atoms with van der Waals surface area (Å²) in [5.41, 5.74) is 5.03. The number of piperidine rings is 1. The van der Waals surface area contributed by atoms with Crippen LogP contribution >= 0.6 is 0 Å². The van der Waals surface area contributed by atoms with Crippen LogP contribution in [0.25, 0.3) is 0 Å². The molecule has 3 heterocycles. The van der Waals surface area contributed by atoms with Crippen LogP contribution in [0.5, 0.6) is 0 Å². The molecule has 1 aliphatic heterocycles. The van der Waals surface area contributed by atoms with Crippen LogP contribution in [-0.4, -0.2) is 50.6 Å². The number of nitrogens with zero attached hydrogens (tertiary/aromatic N) is 5. The predicted octanol–water partition coefficient (Wildman–Crippen LogP) is 0.610. The van der Waals surface area contributed by atoms with Gasteiger partial charge in [-0.15, -0.1) is 0 Å². The molecule has 11 heteroatoms. The average molecular weight is 479 g/mol. The van der Waals surface area contributed by atoms with E-state index in [0.29, 0.717) is 31.9 Å². The van der Waals surface area contributed by atoms with Gasteiger partial charge >= 0.3 is 11.7 Å². The molecular formula is C24H26N6O5. The van der Waals surface area contributed by atoms with Crippen LogP contribution in [0, 0.1) is 5.92 Å². The normalized spacial score (nSPS) is 14.0. The molecule has 2 N–H and O–H groups in total. The van der Waals surface area contributed by atoms with E-state index in [4.69, 9.17) is 10.5 Å². The minimum atomic E-state index is -0.825. The van der Waals surface area contributed by atoms with Crippen LogP contribution in [0.15, 0.2) is 58.4 Å². The summed E-state index contributed by atoms with van der Waals surface area (Å²) in [6.07, 6.45) is 4.37. The van der Waals surface area contributed by atoms with Crippen molar-refractivity contribution in [1.29, 1.82) is 0 Å². The van der Waals surface area contributed by atoms with Gasteiger partial charge in [-0.05, 0) is 24.5 Å². The number of ether oxygens (including phenoxy) is 1. The largest absolute Gasteiger partial charge is 0.457 e. The zero-order chi connectivity index (χ0) is 24.9. The second kappa shape index (κ2) is 10.3. The molecule has 3 aromatic rings. The quantitative estimate of drug-likeness (QED) is 0.382. The first-order valence-electron chi connectivity index (χ1n) is 11.2. The van der Waals surface area contributed by atoms with Crippen LogP contribution in [0.1, 0.15) is 28.8 Å². The molecule has 1 fully saturated rings. The molecule has 4 rings (SSSR count). The Hall–Kier alpha value is -4.28. The number of nitrogens with two attached hydrogens (primary N) is 1. The molecule has 35 heavy (non-hydrogen) atoms. The second-order valence-electron chi connectivity index (χ2n) is 8.32. The molecule has 0 atom stereocenters. The lowest BCUT2D eigenvalue weighted by atomic mass is 9.97. The van der Waals surface area contributed by atoms with Crippen molar-refractivity contribution in [3.8, 4) is 0 Å². The molecule has 1 aliphatic rings. The highest BCUT2D eigenvalue weighted by Crippen LogP contribution is 2.21. The van der Waals surface area contributed by atoms with Gasteiger partial charge in [-0.2, -0.15) is 0 Å². The lowest BCUT2D eigenvalue weighted by molar-refractivity contribution is -0.148. The van der Waals surface area contributed by atoms with Crippen LogP contribution in [0.4, 0.5) is 11.8 Å². The zero-order valence-electron chi connectivity index (χ0n) is 19.3. The van der Waals surface area contributed by atoms with Gasteiger partial charge in [-0.25, -0.2) is 14.8 Å². The summed E-state index contributed by atoms with van der Waals surface area (Å²) >= 11 is 0. The smallest absolute Gasteiger partial charge is 0.332 e. The number of nitrogen functional groups attached to an aromatic ring is 1. The van der Waals surface area contributed by atoms with E-state index in [1.54, 1.807) is 42.7 Å². The maximum atomic E-state index is 12.9. The Morgan fingerprint density at radius 3 is 2.37 bits per heavy atom. The molecule has 0 saturated carbocycles. The number of Topliss-reactive ketones (excluding diaryl/α,β-unsaturated/α-hetero) is 1. The molecule has 0 radical (unpaired) electrons. The predicted molar refractivity (Wildman–Crippen MR) is 128 cm³/mol. The van der Waals surface area contributed by atoms with Gasteiger partial charge in [-0.3, -0.25) is 23.5 Å². The van der Waals surface area contributed by atoms with Gasteiger partial charge in [0.1, 0.15) is 11.4 Å². The van der Waals surface area contributed by atoms with Crippen molar-refractivity contribution in [2.45, 2.75) is 19.4 Å². The van der Waals surface area contributed by atoms with E-state index in [9.17, 15) is 19.2 Å². The number of ketones is 1.